The van der Waals surface area contributed by atoms with Gasteiger partial charge >= 0.3 is 0 Å². The van der Waals surface area contributed by atoms with Gasteiger partial charge in [-0.3, -0.25) is 4.79 Å². The molecule has 3 nitrogen and oxygen atoms in total. The summed E-state index contributed by atoms with van der Waals surface area (Å²) in [6, 6.07) is 6.50. The average Bonchev–Trinajstić information content (AvgIpc) is 2.23. The van der Waals surface area contributed by atoms with Crippen molar-refractivity contribution in [2.45, 2.75) is 23.0 Å². The molecule has 0 aliphatic carbocycles. The van der Waals surface area contributed by atoms with Crippen LogP contribution < -0.4 is 10.2 Å². The predicted octanol–water partition coefficient (Wildman–Crippen LogP) is 1.83. The first-order chi connectivity index (χ1) is 8.16. The Labute approximate surface area is 106 Å². The molecule has 1 unspecified atom stereocenters. The highest BCUT2D eigenvalue weighted by Crippen LogP contribution is 2.40. The summed E-state index contributed by atoms with van der Waals surface area (Å²) in [5.41, 5.74) is 2.44. The van der Waals surface area contributed by atoms with Crippen LogP contribution in [0.1, 0.15) is 18.4 Å². The Balaban J connectivity index is 1.97. The molecule has 0 saturated carbocycles. The van der Waals surface area contributed by atoms with Crippen LogP contribution in [0.4, 0.5) is 5.69 Å². The third-order valence-corrected chi connectivity index (χ3v) is 4.72. The largest absolute Gasteiger partial charge is 0.315 e. The second-order valence-corrected chi connectivity index (χ2v) is 6.12. The Kier molecular flexibility index (Phi) is 2.64. The molecule has 1 aromatic rings. The lowest BCUT2D eigenvalue weighted by Crippen LogP contribution is -2.40. The van der Waals surface area contributed by atoms with Crippen molar-refractivity contribution in [3.8, 4) is 0 Å². The second kappa shape index (κ2) is 4.03. The van der Waals surface area contributed by atoms with Crippen molar-refractivity contribution in [2.24, 2.45) is 0 Å². The summed E-state index contributed by atoms with van der Waals surface area (Å²) in [5.74, 6) is 0.847. The lowest BCUT2D eigenvalue weighted by Gasteiger charge is -2.32. The molecule has 1 saturated heterocycles. The molecule has 4 heteroatoms. The number of carbonyl (C=O) groups is 1. The monoisotopic (exact) mass is 248 g/mol. The maximum atomic E-state index is 11.9. The molecular weight excluding hydrogens is 232 g/mol. The number of nitrogens with one attached hydrogen (secondary N) is 1. The highest BCUT2D eigenvalue weighted by atomic mass is 32.2. The van der Waals surface area contributed by atoms with E-state index in [4.69, 9.17) is 0 Å². The first-order valence-corrected chi connectivity index (χ1v) is 6.83. The van der Waals surface area contributed by atoms with Gasteiger partial charge in [0, 0.05) is 31.0 Å². The zero-order chi connectivity index (χ0) is 12.0. The van der Waals surface area contributed by atoms with E-state index in [0.29, 0.717) is 5.92 Å². The van der Waals surface area contributed by atoms with Crippen molar-refractivity contribution in [3.05, 3.63) is 23.8 Å². The number of rotatable bonds is 1. The Morgan fingerprint density at radius 3 is 2.82 bits per heavy atom. The van der Waals surface area contributed by atoms with Gasteiger partial charge in [-0.05, 0) is 24.6 Å². The third-order valence-electron chi connectivity index (χ3n) is 3.58. The molecule has 17 heavy (non-hydrogen) atoms. The van der Waals surface area contributed by atoms with Gasteiger partial charge in [0.2, 0.25) is 5.91 Å². The molecule has 1 amide bonds. The van der Waals surface area contributed by atoms with Crippen LogP contribution in [0.15, 0.2) is 23.1 Å². The van der Waals surface area contributed by atoms with Crippen LogP contribution in [0.2, 0.25) is 0 Å². The Hall–Kier alpha value is -1.00. The van der Waals surface area contributed by atoms with Crippen molar-refractivity contribution in [1.82, 2.24) is 5.32 Å². The van der Waals surface area contributed by atoms with E-state index < -0.39 is 0 Å². The van der Waals surface area contributed by atoms with E-state index in [1.54, 1.807) is 16.7 Å². The molecule has 2 heterocycles. The van der Waals surface area contributed by atoms with E-state index in [1.165, 1.54) is 10.5 Å². The van der Waals surface area contributed by atoms with E-state index in [1.807, 2.05) is 14.0 Å². The maximum Gasteiger partial charge on any atom is 0.239 e. The number of nitrogens with zero attached hydrogens (tertiary/aromatic N) is 1. The maximum absolute atomic E-state index is 11.9. The summed E-state index contributed by atoms with van der Waals surface area (Å²) >= 11 is 1.68. The number of fused-ring (bicyclic) bond motifs is 1. The van der Waals surface area contributed by atoms with Crippen molar-refractivity contribution < 1.29 is 4.79 Å². The number of thioether (sulfide) groups is 1. The van der Waals surface area contributed by atoms with Crippen LogP contribution in [0.3, 0.4) is 0 Å². The van der Waals surface area contributed by atoms with Crippen LogP contribution >= 0.6 is 11.8 Å². The normalized spacial score (nSPS) is 24.5. The summed E-state index contributed by atoms with van der Waals surface area (Å²) in [6.07, 6.45) is 0. The predicted molar refractivity (Wildman–Crippen MR) is 70.8 cm³/mol. The molecule has 0 aromatic heterocycles. The summed E-state index contributed by atoms with van der Waals surface area (Å²) in [6.45, 7) is 4.13. The lowest BCUT2D eigenvalue weighted by molar-refractivity contribution is -0.117. The molecule has 0 spiro atoms. The first-order valence-electron chi connectivity index (χ1n) is 5.95. The van der Waals surface area contributed by atoms with Crippen molar-refractivity contribution in [1.29, 1.82) is 0 Å². The first kappa shape index (κ1) is 11.1. The minimum absolute atomic E-state index is 0.0299. The smallest absolute Gasteiger partial charge is 0.239 e. The molecular formula is C13H16N2OS. The summed E-state index contributed by atoms with van der Waals surface area (Å²) in [5, 5.41) is 3.32. The van der Waals surface area contributed by atoms with Gasteiger partial charge < -0.3 is 10.2 Å². The number of carbonyl (C=O) groups excluding carboxylic acids is 1. The van der Waals surface area contributed by atoms with Crippen LogP contribution in [-0.4, -0.2) is 31.3 Å². The van der Waals surface area contributed by atoms with E-state index in [-0.39, 0.29) is 11.2 Å². The van der Waals surface area contributed by atoms with Crippen molar-refractivity contribution in [2.75, 3.05) is 25.0 Å². The summed E-state index contributed by atoms with van der Waals surface area (Å²) < 4.78 is 0. The molecule has 1 atom stereocenters. The van der Waals surface area contributed by atoms with Gasteiger partial charge in [-0.15, -0.1) is 11.8 Å². The second-order valence-electron chi connectivity index (χ2n) is 4.74. The van der Waals surface area contributed by atoms with E-state index in [0.717, 1.165) is 18.8 Å². The highest BCUT2D eigenvalue weighted by molar-refractivity contribution is 8.00. The molecule has 1 aromatic carbocycles. The number of benzene rings is 1. The molecule has 3 rings (SSSR count). The molecule has 2 aliphatic heterocycles. The highest BCUT2D eigenvalue weighted by Gasteiger charge is 2.29. The van der Waals surface area contributed by atoms with Gasteiger partial charge in [0.1, 0.15) is 0 Å². The lowest BCUT2D eigenvalue weighted by atomic mass is 9.93. The fourth-order valence-corrected chi connectivity index (χ4v) is 3.48. The molecule has 2 aliphatic rings. The number of hydrogen-bond acceptors (Lipinski definition) is 3. The Morgan fingerprint density at radius 2 is 2.18 bits per heavy atom. The topological polar surface area (TPSA) is 32.3 Å². The summed E-state index contributed by atoms with van der Waals surface area (Å²) in [7, 11) is 1.86. The van der Waals surface area contributed by atoms with Crippen molar-refractivity contribution in [3.63, 3.8) is 0 Å². The number of anilines is 1. The SMILES string of the molecule is CC1Sc2cc(C3CNC3)ccc2N(C)C1=O. The van der Waals surface area contributed by atoms with Gasteiger partial charge in [0.25, 0.3) is 0 Å². The van der Waals surface area contributed by atoms with Gasteiger partial charge in [0.05, 0.1) is 10.9 Å². The van der Waals surface area contributed by atoms with Crippen molar-refractivity contribution >= 4 is 23.4 Å². The van der Waals surface area contributed by atoms with Crippen LogP contribution in [-0.2, 0) is 4.79 Å². The minimum atomic E-state index is 0.0299. The van der Waals surface area contributed by atoms with E-state index in [9.17, 15) is 4.79 Å². The standard InChI is InChI=1S/C13H16N2OS/c1-8-13(16)15(2)11-4-3-9(5-12(11)17-8)10-6-14-7-10/h3-5,8,10,14H,6-7H2,1-2H3. The average molecular weight is 248 g/mol. The molecule has 1 N–H and O–H groups in total. The quantitative estimate of drug-likeness (QED) is 0.823. The van der Waals surface area contributed by atoms with E-state index >= 15 is 0 Å². The molecule has 1 fully saturated rings. The fraction of sp³-hybridized carbons (Fsp3) is 0.462. The number of hydrogen-bond donors (Lipinski definition) is 1. The Morgan fingerprint density at radius 1 is 1.41 bits per heavy atom. The van der Waals surface area contributed by atoms with E-state index in [2.05, 4.69) is 23.5 Å². The van der Waals surface area contributed by atoms with Gasteiger partial charge in [0.15, 0.2) is 0 Å². The van der Waals surface area contributed by atoms with Gasteiger partial charge in [-0.1, -0.05) is 6.07 Å². The fourth-order valence-electron chi connectivity index (χ4n) is 2.31. The van der Waals surface area contributed by atoms with Gasteiger partial charge in [-0.25, -0.2) is 0 Å². The third kappa shape index (κ3) is 1.76. The minimum Gasteiger partial charge on any atom is -0.315 e. The molecule has 0 bridgehead atoms. The van der Waals surface area contributed by atoms with Crippen LogP contribution in [0.5, 0.6) is 0 Å². The van der Waals surface area contributed by atoms with Gasteiger partial charge in [-0.2, -0.15) is 0 Å². The number of amides is 1. The molecule has 0 radical (unpaired) electrons. The zero-order valence-electron chi connectivity index (χ0n) is 10.1. The molecule has 90 valence electrons. The van der Waals surface area contributed by atoms with Crippen LogP contribution in [0.25, 0.3) is 0 Å². The summed E-state index contributed by atoms with van der Waals surface area (Å²) in [4.78, 5) is 14.9. The van der Waals surface area contributed by atoms with Crippen LogP contribution in [0, 0.1) is 0 Å². The Bertz CT molecular complexity index is 470. The zero-order valence-corrected chi connectivity index (χ0v) is 10.9.